The molecule has 0 unspecified atom stereocenters. The predicted molar refractivity (Wildman–Crippen MR) is 143 cm³/mol. The molecule has 0 aliphatic carbocycles. The molecule has 3 rings (SSSR count). The molecule has 0 aromatic heterocycles. The molecule has 190 valence electrons. The second-order valence-electron chi connectivity index (χ2n) is 8.64. The van der Waals surface area contributed by atoms with Crippen LogP contribution in [0, 0.1) is 23.7 Å². The molecule has 1 saturated heterocycles. The Labute approximate surface area is 214 Å². The number of amides is 1. The summed E-state index contributed by atoms with van der Waals surface area (Å²) in [7, 11) is 0. The highest BCUT2D eigenvalue weighted by Gasteiger charge is 2.15. The number of carbonyl (C=O) groups excluding carboxylic acids is 1. The van der Waals surface area contributed by atoms with E-state index in [1.54, 1.807) is 0 Å². The highest BCUT2D eigenvalue weighted by molar-refractivity contribution is 6.05. The van der Waals surface area contributed by atoms with Crippen LogP contribution >= 0.6 is 0 Å². The van der Waals surface area contributed by atoms with E-state index in [4.69, 9.17) is 20.6 Å². The molecule has 0 bridgehead atoms. The summed E-state index contributed by atoms with van der Waals surface area (Å²) in [6.07, 6.45) is 8.88. The SMILES string of the molecule is C#CCOCCOCCOCCNC(=O)/C(C#N)=C(\C)c1ccc2cc(N3CCCCC3)ccc2c1. The van der Waals surface area contributed by atoms with Crippen molar-refractivity contribution in [1.82, 2.24) is 5.32 Å². The summed E-state index contributed by atoms with van der Waals surface area (Å²) in [5.41, 5.74) is 2.87. The Balaban J connectivity index is 1.49. The van der Waals surface area contributed by atoms with Gasteiger partial charge in [0.2, 0.25) is 0 Å². The summed E-state index contributed by atoms with van der Waals surface area (Å²) < 4.78 is 15.9. The molecule has 7 heteroatoms. The van der Waals surface area contributed by atoms with Crippen molar-refractivity contribution in [3.8, 4) is 18.4 Å². The number of fused-ring (bicyclic) bond motifs is 1. The number of ether oxygens (including phenoxy) is 3. The van der Waals surface area contributed by atoms with Crippen LogP contribution in [0.1, 0.15) is 31.7 Å². The number of nitriles is 1. The molecule has 2 aromatic rings. The van der Waals surface area contributed by atoms with Gasteiger partial charge < -0.3 is 24.4 Å². The van der Waals surface area contributed by atoms with E-state index in [-0.39, 0.29) is 12.2 Å². The third-order valence-electron chi connectivity index (χ3n) is 6.15. The minimum absolute atomic E-state index is 0.106. The second kappa shape index (κ2) is 14.9. The van der Waals surface area contributed by atoms with Gasteiger partial charge in [-0.1, -0.05) is 24.1 Å². The van der Waals surface area contributed by atoms with Gasteiger partial charge in [-0.05, 0) is 66.3 Å². The molecule has 0 spiro atoms. The highest BCUT2D eigenvalue weighted by atomic mass is 16.5. The molecule has 7 nitrogen and oxygen atoms in total. The van der Waals surface area contributed by atoms with E-state index in [0.717, 1.165) is 29.4 Å². The largest absolute Gasteiger partial charge is 0.377 e. The van der Waals surface area contributed by atoms with Crippen molar-refractivity contribution in [3.63, 3.8) is 0 Å². The van der Waals surface area contributed by atoms with E-state index in [9.17, 15) is 10.1 Å². The molecular formula is C29H35N3O4. The van der Waals surface area contributed by atoms with Crippen molar-refractivity contribution >= 4 is 27.9 Å². The van der Waals surface area contributed by atoms with E-state index in [2.05, 4.69) is 46.5 Å². The number of hydrogen-bond donors (Lipinski definition) is 1. The summed E-state index contributed by atoms with van der Waals surface area (Å²) in [6.45, 7) is 6.66. The standard InChI is InChI=1S/C29H35N3O4/c1-3-14-34-16-18-36-19-17-35-15-11-31-29(33)28(22-30)23(2)24-7-8-26-21-27(10-9-25(26)20-24)32-12-5-4-6-13-32/h1,7-10,20-21H,4-6,11-19H2,2H3,(H,31,33)/b28-23+. The minimum Gasteiger partial charge on any atom is -0.377 e. The van der Waals surface area contributed by atoms with Crippen molar-refractivity contribution in [2.24, 2.45) is 0 Å². The van der Waals surface area contributed by atoms with Crippen LogP contribution in [-0.2, 0) is 19.0 Å². The molecule has 0 radical (unpaired) electrons. The average Bonchev–Trinajstić information content (AvgIpc) is 2.92. The first kappa shape index (κ1) is 27.2. The average molecular weight is 490 g/mol. The van der Waals surface area contributed by atoms with Crippen LogP contribution in [0.4, 0.5) is 5.69 Å². The van der Waals surface area contributed by atoms with Crippen molar-refractivity contribution in [1.29, 1.82) is 5.26 Å². The Morgan fingerprint density at radius 3 is 2.36 bits per heavy atom. The normalized spacial score (nSPS) is 14.1. The molecule has 0 saturated carbocycles. The maximum Gasteiger partial charge on any atom is 0.262 e. The summed E-state index contributed by atoms with van der Waals surface area (Å²) in [6, 6.07) is 14.6. The van der Waals surface area contributed by atoms with Crippen molar-refractivity contribution in [2.75, 3.05) is 64.2 Å². The lowest BCUT2D eigenvalue weighted by atomic mass is 9.98. The van der Waals surface area contributed by atoms with Gasteiger partial charge in [0.15, 0.2) is 0 Å². The zero-order valence-electron chi connectivity index (χ0n) is 21.1. The Bertz CT molecular complexity index is 1120. The highest BCUT2D eigenvalue weighted by Crippen LogP contribution is 2.28. The number of nitrogens with one attached hydrogen (secondary N) is 1. The number of nitrogens with zero attached hydrogens (tertiary/aromatic N) is 2. The summed E-state index contributed by atoms with van der Waals surface area (Å²) >= 11 is 0. The van der Waals surface area contributed by atoms with Crippen LogP contribution < -0.4 is 10.2 Å². The van der Waals surface area contributed by atoms with Crippen molar-refractivity contribution < 1.29 is 19.0 Å². The number of terminal acetylenes is 1. The number of allylic oxidation sites excluding steroid dienone is 1. The molecule has 36 heavy (non-hydrogen) atoms. The van der Waals surface area contributed by atoms with Crippen LogP contribution in [0.3, 0.4) is 0 Å². The lowest BCUT2D eigenvalue weighted by Crippen LogP contribution is -2.29. The van der Waals surface area contributed by atoms with Crippen LogP contribution in [0.2, 0.25) is 0 Å². The van der Waals surface area contributed by atoms with Gasteiger partial charge in [-0.25, -0.2) is 0 Å². The summed E-state index contributed by atoms with van der Waals surface area (Å²) in [5, 5.41) is 14.7. The molecule has 1 aliphatic rings. The molecular weight excluding hydrogens is 454 g/mol. The van der Waals surface area contributed by atoms with E-state index < -0.39 is 5.91 Å². The molecule has 1 aliphatic heterocycles. The number of hydrogen-bond acceptors (Lipinski definition) is 6. The van der Waals surface area contributed by atoms with Crippen molar-refractivity contribution in [2.45, 2.75) is 26.2 Å². The number of rotatable bonds is 13. The topological polar surface area (TPSA) is 83.8 Å². The second-order valence-corrected chi connectivity index (χ2v) is 8.64. The minimum atomic E-state index is -0.402. The van der Waals surface area contributed by atoms with E-state index >= 15 is 0 Å². The molecule has 1 N–H and O–H groups in total. The number of benzene rings is 2. The first-order valence-corrected chi connectivity index (χ1v) is 12.5. The van der Waals surface area contributed by atoms with Crippen LogP contribution in [0.5, 0.6) is 0 Å². The molecule has 1 amide bonds. The fourth-order valence-electron chi connectivity index (χ4n) is 4.16. The van der Waals surface area contributed by atoms with E-state index in [0.29, 0.717) is 45.2 Å². The van der Waals surface area contributed by atoms with Gasteiger partial charge in [0.25, 0.3) is 5.91 Å². The van der Waals surface area contributed by atoms with Gasteiger partial charge in [-0.3, -0.25) is 4.79 Å². The Hall–Kier alpha value is -3.36. The van der Waals surface area contributed by atoms with E-state index in [1.165, 1.54) is 24.9 Å². The quantitative estimate of drug-likeness (QED) is 0.199. The van der Waals surface area contributed by atoms with E-state index in [1.807, 2.05) is 19.1 Å². The third kappa shape index (κ3) is 8.10. The predicted octanol–water partition coefficient (Wildman–Crippen LogP) is 3.93. The fraction of sp³-hybridized carbons (Fsp3) is 0.448. The zero-order chi connectivity index (χ0) is 25.6. The molecule has 0 atom stereocenters. The number of carbonyl (C=O) groups is 1. The first-order valence-electron chi connectivity index (χ1n) is 12.5. The smallest absolute Gasteiger partial charge is 0.262 e. The molecule has 1 fully saturated rings. The molecule has 1 heterocycles. The lowest BCUT2D eigenvalue weighted by Gasteiger charge is -2.29. The van der Waals surface area contributed by atoms with Gasteiger partial charge in [0, 0.05) is 25.3 Å². The fourth-order valence-corrected chi connectivity index (χ4v) is 4.16. The lowest BCUT2D eigenvalue weighted by molar-refractivity contribution is -0.117. The van der Waals surface area contributed by atoms with Crippen molar-refractivity contribution in [3.05, 3.63) is 47.5 Å². The summed E-state index contributed by atoms with van der Waals surface area (Å²) in [4.78, 5) is 15.1. The van der Waals surface area contributed by atoms with Gasteiger partial charge >= 0.3 is 0 Å². The first-order chi connectivity index (χ1) is 17.6. The van der Waals surface area contributed by atoms with Gasteiger partial charge in [0.1, 0.15) is 18.2 Å². The zero-order valence-corrected chi connectivity index (χ0v) is 21.1. The van der Waals surface area contributed by atoms with Crippen LogP contribution in [0.15, 0.2) is 42.0 Å². The molecule has 2 aromatic carbocycles. The van der Waals surface area contributed by atoms with Crippen LogP contribution in [0.25, 0.3) is 16.3 Å². The van der Waals surface area contributed by atoms with Crippen LogP contribution in [-0.4, -0.2) is 65.2 Å². The Kier molecular flexibility index (Phi) is 11.3. The van der Waals surface area contributed by atoms with Gasteiger partial charge in [0.05, 0.1) is 33.0 Å². The third-order valence-corrected chi connectivity index (χ3v) is 6.15. The maximum atomic E-state index is 12.6. The van der Waals surface area contributed by atoms with Gasteiger partial charge in [-0.2, -0.15) is 5.26 Å². The summed E-state index contributed by atoms with van der Waals surface area (Å²) in [5.74, 6) is 1.99. The number of piperidine rings is 1. The Morgan fingerprint density at radius 1 is 0.972 bits per heavy atom. The van der Waals surface area contributed by atoms with Gasteiger partial charge in [-0.15, -0.1) is 6.42 Å². The number of anilines is 1. The Morgan fingerprint density at radius 2 is 1.64 bits per heavy atom. The monoisotopic (exact) mass is 489 g/mol. The maximum absolute atomic E-state index is 12.6.